The van der Waals surface area contributed by atoms with E-state index in [1.54, 1.807) is 6.08 Å². The van der Waals surface area contributed by atoms with Crippen molar-refractivity contribution in [3.8, 4) is 6.07 Å². The monoisotopic (exact) mass is 337 g/mol. The van der Waals surface area contributed by atoms with Crippen LogP contribution in [0.4, 0.5) is 0 Å². The molecule has 0 atom stereocenters. The molecule has 1 nitrogen and oxygen atoms in total. The molecule has 0 aliphatic carbocycles. The van der Waals surface area contributed by atoms with E-state index in [2.05, 4.69) is 64.6 Å². The highest BCUT2D eigenvalue weighted by Gasteiger charge is 2.05. The Hall–Kier alpha value is -2.33. The summed E-state index contributed by atoms with van der Waals surface area (Å²) in [5.41, 5.74) is 7.52. The number of hydrogen-bond acceptors (Lipinski definition) is 1. The predicted molar refractivity (Wildman–Crippen MR) is 115 cm³/mol. The molecule has 136 valence electrons. The van der Waals surface area contributed by atoms with Crippen LogP contribution in [0.5, 0.6) is 0 Å². The molecule has 0 fully saturated rings. The molecule has 0 aromatic heterocycles. The average molecular weight is 338 g/mol. The molecular weight excluding hydrogens is 302 g/mol. The van der Waals surface area contributed by atoms with Crippen LogP contribution < -0.4 is 0 Å². The maximum atomic E-state index is 9.04. The summed E-state index contributed by atoms with van der Waals surface area (Å²) in [6, 6.07) is 8.62. The van der Waals surface area contributed by atoms with Crippen molar-refractivity contribution in [2.75, 3.05) is 0 Å². The fourth-order valence-electron chi connectivity index (χ4n) is 2.24. The third-order valence-electron chi connectivity index (χ3n) is 3.42. The van der Waals surface area contributed by atoms with Crippen LogP contribution in [0, 0.1) is 25.2 Å². The Bertz CT molecular complexity index is 673. The molecule has 0 saturated heterocycles. The summed E-state index contributed by atoms with van der Waals surface area (Å²) >= 11 is 0. The number of nitriles is 1. The molecule has 25 heavy (non-hydrogen) atoms. The minimum atomic E-state index is 0.611. The smallest absolute Gasteiger partial charge is 0.0994 e. The van der Waals surface area contributed by atoms with E-state index in [1.165, 1.54) is 27.8 Å². The first-order valence-electron chi connectivity index (χ1n) is 9.09. The maximum Gasteiger partial charge on any atom is 0.0994 e. The van der Waals surface area contributed by atoms with E-state index in [0.717, 1.165) is 5.57 Å². The highest BCUT2D eigenvalue weighted by Crippen LogP contribution is 2.25. The largest absolute Gasteiger partial charge is 0.192 e. The third kappa shape index (κ3) is 8.36. The SMILES string of the molecule is C=C(/C=C\C(=C(C)C)c1ccc(C)cc1C)/C(C#N)=C/C.CC.CC. The van der Waals surface area contributed by atoms with Gasteiger partial charge in [-0.3, -0.25) is 0 Å². The van der Waals surface area contributed by atoms with Gasteiger partial charge >= 0.3 is 0 Å². The normalized spacial score (nSPS) is 10.0. The van der Waals surface area contributed by atoms with Crippen LogP contribution in [0.3, 0.4) is 0 Å². The van der Waals surface area contributed by atoms with E-state index in [1.807, 2.05) is 40.7 Å². The van der Waals surface area contributed by atoms with Crippen molar-refractivity contribution in [2.45, 2.75) is 62.3 Å². The van der Waals surface area contributed by atoms with Crippen molar-refractivity contribution in [3.63, 3.8) is 0 Å². The van der Waals surface area contributed by atoms with Crippen molar-refractivity contribution in [1.82, 2.24) is 0 Å². The Morgan fingerprint density at radius 1 is 1.04 bits per heavy atom. The van der Waals surface area contributed by atoms with Gasteiger partial charge in [-0.05, 0) is 56.9 Å². The van der Waals surface area contributed by atoms with E-state index in [4.69, 9.17) is 5.26 Å². The summed E-state index contributed by atoms with van der Waals surface area (Å²) in [5.74, 6) is 0. The molecule has 0 amide bonds. The number of hydrogen-bond donors (Lipinski definition) is 0. The number of aryl methyl sites for hydroxylation is 2. The summed E-state index contributed by atoms with van der Waals surface area (Å²) in [6.07, 6.45) is 5.75. The van der Waals surface area contributed by atoms with Gasteiger partial charge in [-0.1, -0.05) is 81.8 Å². The Morgan fingerprint density at radius 3 is 2.00 bits per heavy atom. The molecule has 0 bridgehead atoms. The van der Waals surface area contributed by atoms with Gasteiger partial charge in [-0.25, -0.2) is 0 Å². The molecule has 1 aromatic rings. The van der Waals surface area contributed by atoms with Crippen molar-refractivity contribution >= 4 is 5.57 Å². The second-order valence-corrected chi connectivity index (χ2v) is 5.40. The fourth-order valence-corrected chi connectivity index (χ4v) is 2.24. The van der Waals surface area contributed by atoms with E-state index in [9.17, 15) is 0 Å². The number of nitrogens with zero attached hydrogens (tertiary/aromatic N) is 1. The standard InChI is InChI=1S/C20H23N.2C2H6/c1-7-18(13-21)16(5)9-11-19(14(2)3)20-10-8-15(4)12-17(20)6;2*1-2/h7-12H,5H2,1-4,6H3;2*1-2H3/b11-9-,18-7+;;. The van der Waals surface area contributed by atoms with Gasteiger partial charge in [0.25, 0.3) is 0 Å². The van der Waals surface area contributed by atoms with Gasteiger partial charge in [0, 0.05) is 0 Å². The van der Waals surface area contributed by atoms with Gasteiger partial charge in [-0.15, -0.1) is 0 Å². The van der Waals surface area contributed by atoms with E-state index >= 15 is 0 Å². The lowest BCUT2D eigenvalue weighted by Gasteiger charge is -2.10. The molecule has 0 unspecified atom stereocenters. The zero-order valence-electron chi connectivity index (χ0n) is 17.6. The quantitative estimate of drug-likeness (QED) is 0.407. The lowest BCUT2D eigenvalue weighted by Crippen LogP contribution is -1.91. The molecule has 0 radical (unpaired) electrons. The minimum absolute atomic E-state index is 0.611. The van der Waals surface area contributed by atoms with Crippen molar-refractivity contribution < 1.29 is 0 Å². The summed E-state index contributed by atoms with van der Waals surface area (Å²) in [7, 11) is 0. The Morgan fingerprint density at radius 2 is 1.60 bits per heavy atom. The van der Waals surface area contributed by atoms with Gasteiger partial charge in [-0.2, -0.15) is 5.26 Å². The lowest BCUT2D eigenvalue weighted by atomic mass is 9.94. The van der Waals surface area contributed by atoms with Gasteiger partial charge in [0.15, 0.2) is 0 Å². The van der Waals surface area contributed by atoms with E-state index in [-0.39, 0.29) is 0 Å². The molecule has 0 spiro atoms. The number of rotatable bonds is 4. The van der Waals surface area contributed by atoms with Gasteiger partial charge in [0.1, 0.15) is 0 Å². The van der Waals surface area contributed by atoms with E-state index < -0.39 is 0 Å². The highest BCUT2D eigenvalue weighted by atomic mass is 14.2. The Balaban J connectivity index is 0. The van der Waals surface area contributed by atoms with Crippen LogP contribution in [0.25, 0.3) is 5.57 Å². The zero-order chi connectivity index (χ0) is 20.0. The van der Waals surface area contributed by atoms with Gasteiger partial charge < -0.3 is 0 Å². The third-order valence-corrected chi connectivity index (χ3v) is 3.42. The van der Waals surface area contributed by atoms with Crippen LogP contribution in [-0.4, -0.2) is 0 Å². The van der Waals surface area contributed by atoms with Crippen LogP contribution in [0.1, 0.15) is 65.2 Å². The van der Waals surface area contributed by atoms with Gasteiger partial charge in [0.2, 0.25) is 0 Å². The second-order valence-electron chi connectivity index (χ2n) is 5.40. The molecular formula is C24H35N. The first kappa shape index (κ1) is 24.9. The molecule has 1 aromatic carbocycles. The highest BCUT2D eigenvalue weighted by molar-refractivity contribution is 5.79. The molecule has 0 aliphatic heterocycles. The first-order chi connectivity index (χ1) is 11.9. The maximum absolute atomic E-state index is 9.04. The summed E-state index contributed by atoms with van der Waals surface area (Å²) in [6.45, 7) is 22.2. The van der Waals surface area contributed by atoms with Crippen LogP contribution in [0.15, 0.2) is 59.7 Å². The Kier molecular flexibility index (Phi) is 14.0. The van der Waals surface area contributed by atoms with Crippen LogP contribution in [-0.2, 0) is 0 Å². The molecule has 0 aliphatic rings. The number of benzene rings is 1. The van der Waals surface area contributed by atoms with Crippen molar-refractivity contribution in [1.29, 1.82) is 5.26 Å². The Labute approximate surface area is 156 Å². The summed E-state index contributed by atoms with van der Waals surface area (Å²) in [4.78, 5) is 0. The van der Waals surface area contributed by atoms with Crippen LogP contribution in [0.2, 0.25) is 0 Å². The van der Waals surface area contributed by atoms with Crippen LogP contribution >= 0.6 is 0 Å². The molecule has 0 N–H and O–H groups in total. The zero-order valence-corrected chi connectivity index (χ0v) is 17.6. The van der Waals surface area contributed by atoms with Crippen molar-refractivity contribution in [2.24, 2.45) is 0 Å². The average Bonchev–Trinajstić information content (AvgIpc) is 2.61. The molecule has 1 rings (SSSR count). The first-order valence-corrected chi connectivity index (χ1v) is 9.09. The lowest BCUT2D eigenvalue weighted by molar-refractivity contribution is 1.33. The summed E-state index contributed by atoms with van der Waals surface area (Å²) < 4.78 is 0. The van der Waals surface area contributed by atoms with Gasteiger partial charge in [0.05, 0.1) is 11.6 Å². The minimum Gasteiger partial charge on any atom is -0.192 e. The molecule has 1 heteroatoms. The predicted octanol–water partition coefficient (Wildman–Crippen LogP) is 7.73. The summed E-state index contributed by atoms with van der Waals surface area (Å²) in [5, 5.41) is 9.04. The second kappa shape index (κ2) is 14.1. The molecule has 0 heterocycles. The topological polar surface area (TPSA) is 23.8 Å². The van der Waals surface area contributed by atoms with Crippen molar-refractivity contribution in [3.05, 3.63) is 76.4 Å². The fraction of sp³-hybridized carbons (Fsp3) is 0.375. The molecule has 0 saturated carbocycles. The van der Waals surface area contributed by atoms with E-state index in [0.29, 0.717) is 5.57 Å². The number of allylic oxidation sites excluding steroid dienone is 7.